The highest BCUT2D eigenvalue weighted by molar-refractivity contribution is 5.90. The largest absolute Gasteiger partial charge is 0.491 e. The van der Waals surface area contributed by atoms with Gasteiger partial charge in [-0.15, -0.1) is 0 Å². The Balaban J connectivity index is 1.47. The molecule has 0 aliphatic rings. The number of pyridine rings is 1. The lowest BCUT2D eigenvalue weighted by Crippen LogP contribution is -2.28. The van der Waals surface area contributed by atoms with Gasteiger partial charge in [-0.2, -0.15) is 0 Å². The van der Waals surface area contributed by atoms with Crippen LogP contribution < -0.4 is 20.1 Å². The first kappa shape index (κ1) is 21.2. The van der Waals surface area contributed by atoms with E-state index in [9.17, 15) is 4.79 Å². The van der Waals surface area contributed by atoms with E-state index in [1.165, 1.54) is 0 Å². The lowest BCUT2D eigenvalue weighted by atomic mass is 10.2. The Morgan fingerprint density at radius 2 is 1.77 bits per heavy atom. The minimum Gasteiger partial charge on any atom is -0.491 e. The van der Waals surface area contributed by atoms with Crippen molar-refractivity contribution in [2.45, 2.75) is 27.0 Å². The second-order valence-corrected chi connectivity index (χ2v) is 7.30. The van der Waals surface area contributed by atoms with Gasteiger partial charge in [0.2, 0.25) is 0 Å². The molecule has 1 heterocycles. The van der Waals surface area contributed by atoms with E-state index < -0.39 is 0 Å². The van der Waals surface area contributed by atoms with E-state index in [2.05, 4.69) is 29.5 Å². The molecule has 0 fully saturated rings. The smallest absolute Gasteiger partial charge is 0.319 e. The Hall–Kier alpha value is -3.54. The number of carbonyl (C=O) groups excluding carboxylic acids is 1. The predicted molar refractivity (Wildman–Crippen MR) is 118 cm³/mol. The van der Waals surface area contributed by atoms with E-state index in [0.29, 0.717) is 37.1 Å². The van der Waals surface area contributed by atoms with Crippen LogP contribution in [0.2, 0.25) is 0 Å². The molecule has 0 spiro atoms. The second-order valence-electron chi connectivity index (χ2n) is 7.30. The fraction of sp³-hybridized carbons (Fsp3) is 0.250. The number of benzene rings is 2. The topological polar surface area (TPSA) is 72.5 Å². The number of ether oxygens (including phenoxy) is 2. The molecule has 6 heteroatoms. The van der Waals surface area contributed by atoms with Gasteiger partial charge >= 0.3 is 6.03 Å². The molecule has 2 amide bonds. The van der Waals surface area contributed by atoms with E-state index in [4.69, 9.17) is 9.47 Å². The Bertz CT molecular complexity index is 928. The average molecular weight is 405 g/mol. The lowest BCUT2D eigenvalue weighted by molar-refractivity contribution is 0.251. The summed E-state index contributed by atoms with van der Waals surface area (Å²) in [4.78, 5) is 16.4. The van der Waals surface area contributed by atoms with Gasteiger partial charge in [0.25, 0.3) is 0 Å². The van der Waals surface area contributed by atoms with Crippen LogP contribution >= 0.6 is 0 Å². The Morgan fingerprint density at radius 3 is 2.50 bits per heavy atom. The molecule has 0 aliphatic carbocycles. The summed E-state index contributed by atoms with van der Waals surface area (Å²) in [7, 11) is 0. The molecule has 0 radical (unpaired) electrons. The maximum absolute atomic E-state index is 12.3. The number of anilines is 1. The average Bonchev–Trinajstić information content (AvgIpc) is 2.77. The summed E-state index contributed by atoms with van der Waals surface area (Å²) in [6.45, 7) is 5.63. The fourth-order valence-corrected chi connectivity index (χ4v) is 2.65. The molecule has 1 aromatic heterocycles. The molecule has 3 aromatic rings. The number of hydrogen-bond donors (Lipinski definition) is 2. The van der Waals surface area contributed by atoms with Crippen molar-refractivity contribution < 1.29 is 14.3 Å². The van der Waals surface area contributed by atoms with Gasteiger partial charge in [0.15, 0.2) is 0 Å². The van der Waals surface area contributed by atoms with Crippen LogP contribution in [-0.2, 0) is 13.2 Å². The zero-order valence-corrected chi connectivity index (χ0v) is 17.3. The van der Waals surface area contributed by atoms with Gasteiger partial charge < -0.3 is 20.1 Å². The number of aromatic nitrogens is 1. The summed E-state index contributed by atoms with van der Waals surface area (Å²) in [5.41, 5.74) is 2.63. The van der Waals surface area contributed by atoms with Crippen LogP contribution in [0.1, 0.15) is 25.0 Å². The number of carbonyl (C=O) groups is 1. The number of urea groups is 1. The predicted octanol–water partition coefficient (Wildman–Crippen LogP) is 5.02. The molecule has 2 N–H and O–H groups in total. The molecular formula is C24H27N3O3. The first-order valence-electron chi connectivity index (χ1n) is 9.97. The molecule has 0 atom stereocenters. The van der Waals surface area contributed by atoms with Crippen LogP contribution in [0.15, 0.2) is 73.1 Å². The van der Waals surface area contributed by atoms with E-state index >= 15 is 0 Å². The molecule has 6 nitrogen and oxygen atoms in total. The zero-order valence-electron chi connectivity index (χ0n) is 17.3. The molecule has 30 heavy (non-hydrogen) atoms. The summed E-state index contributed by atoms with van der Waals surface area (Å²) < 4.78 is 11.5. The van der Waals surface area contributed by atoms with Crippen molar-refractivity contribution in [3.63, 3.8) is 0 Å². The van der Waals surface area contributed by atoms with Crippen LogP contribution in [0.3, 0.4) is 0 Å². The van der Waals surface area contributed by atoms with Gasteiger partial charge in [0.05, 0.1) is 12.3 Å². The van der Waals surface area contributed by atoms with E-state index in [0.717, 1.165) is 16.9 Å². The Labute approximate surface area is 177 Å². The lowest BCUT2D eigenvalue weighted by Gasteiger charge is -2.14. The van der Waals surface area contributed by atoms with Crippen LogP contribution in [0.4, 0.5) is 10.5 Å². The van der Waals surface area contributed by atoms with Crippen LogP contribution in [0.5, 0.6) is 11.5 Å². The maximum Gasteiger partial charge on any atom is 0.319 e. The number of para-hydroxylation sites is 2. The quantitative estimate of drug-likeness (QED) is 0.524. The summed E-state index contributed by atoms with van der Waals surface area (Å²) in [5.74, 6) is 1.84. The molecule has 0 bridgehead atoms. The number of nitrogens with zero attached hydrogens (tertiary/aromatic N) is 1. The standard InChI is InChI=1S/C24H27N3O3/c1-18(2)16-30-23-8-4-3-7-22(23)27-24(28)26-15-19-9-11-21(12-10-19)29-17-20-6-5-13-25-14-20/h3-14,18H,15-17H2,1-2H3,(H2,26,27,28). The Morgan fingerprint density at radius 1 is 0.967 bits per heavy atom. The minimum absolute atomic E-state index is 0.285. The van der Waals surface area contributed by atoms with Gasteiger partial charge in [-0.1, -0.05) is 44.2 Å². The zero-order chi connectivity index (χ0) is 21.2. The highest BCUT2D eigenvalue weighted by atomic mass is 16.5. The van der Waals surface area contributed by atoms with Gasteiger partial charge in [-0.3, -0.25) is 4.98 Å². The van der Waals surface area contributed by atoms with Crippen LogP contribution in [-0.4, -0.2) is 17.6 Å². The van der Waals surface area contributed by atoms with Crippen molar-refractivity contribution in [3.8, 4) is 11.5 Å². The number of rotatable bonds is 9. The third kappa shape index (κ3) is 6.81. The number of hydrogen-bond acceptors (Lipinski definition) is 4. The SMILES string of the molecule is CC(C)COc1ccccc1NC(=O)NCc1ccc(OCc2cccnc2)cc1. The summed E-state index contributed by atoms with van der Waals surface area (Å²) in [6.07, 6.45) is 3.52. The molecule has 0 aliphatic heterocycles. The van der Waals surface area contributed by atoms with E-state index in [1.54, 1.807) is 12.4 Å². The summed E-state index contributed by atoms with van der Waals surface area (Å²) >= 11 is 0. The molecule has 156 valence electrons. The van der Waals surface area contributed by atoms with Crippen molar-refractivity contribution >= 4 is 11.7 Å². The van der Waals surface area contributed by atoms with Gasteiger partial charge in [0.1, 0.15) is 18.1 Å². The van der Waals surface area contributed by atoms with Crippen molar-refractivity contribution in [3.05, 3.63) is 84.2 Å². The fourth-order valence-electron chi connectivity index (χ4n) is 2.65. The van der Waals surface area contributed by atoms with Crippen molar-refractivity contribution in [1.82, 2.24) is 10.3 Å². The molecule has 3 rings (SSSR count). The van der Waals surface area contributed by atoms with Gasteiger partial charge in [-0.25, -0.2) is 4.79 Å². The van der Waals surface area contributed by atoms with E-state index in [-0.39, 0.29) is 6.03 Å². The second kappa shape index (κ2) is 10.9. The van der Waals surface area contributed by atoms with E-state index in [1.807, 2.05) is 60.7 Å². The highest BCUT2D eigenvalue weighted by Gasteiger charge is 2.08. The first-order valence-corrected chi connectivity index (χ1v) is 9.97. The number of nitrogens with one attached hydrogen (secondary N) is 2. The third-order valence-electron chi connectivity index (χ3n) is 4.21. The maximum atomic E-state index is 12.3. The van der Waals surface area contributed by atoms with Crippen LogP contribution in [0, 0.1) is 5.92 Å². The van der Waals surface area contributed by atoms with Crippen molar-refractivity contribution in [1.29, 1.82) is 0 Å². The molecule has 0 unspecified atom stereocenters. The van der Waals surface area contributed by atoms with Crippen molar-refractivity contribution in [2.24, 2.45) is 5.92 Å². The summed E-state index contributed by atoms with van der Waals surface area (Å²) in [5, 5.41) is 5.71. The minimum atomic E-state index is -0.285. The molecular weight excluding hydrogens is 378 g/mol. The monoisotopic (exact) mass is 405 g/mol. The highest BCUT2D eigenvalue weighted by Crippen LogP contribution is 2.24. The number of amides is 2. The van der Waals surface area contributed by atoms with Gasteiger partial charge in [0, 0.05) is 24.5 Å². The molecule has 0 saturated heterocycles. The normalized spacial score (nSPS) is 10.5. The molecule has 2 aromatic carbocycles. The van der Waals surface area contributed by atoms with Crippen LogP contribution in [0.25, 0.3) is 0 Å². The third-order valence-corrected chi connectivity index (χ3v) is 4.21. The molecule has 0 saturated carbocycles. The first-order chi connectivity index (χ1) is 14.6. The Kier molecular flexibility index (Phi) is 7.66. The van der Waals surface area contributed by atoms with Crippen molar-refractivity contribution in [2.75, 3.05) is 11.9 Å². The summed E-state index contributed by atoms with van der Waals surface area (Å²) in [6, 6.07) is 18.6. The van der Waals surface area contributed by atoms with Gasteiger partial charge in [-0.05, 0) is 41.8 Å².